The third-order valence-corrected chi connectivity index (χ3v) is 4.05. The predicted molar refractivity (Wildman–Crippen MR) is 95.6 cm³/mol. The lowest BCUT2D eigenvalue weighted by molar-refractivity contribution is -0.164. The van der Waals surface area contributed by atoms with Gasteiger partial charge in [-0.2, -0.15) is 0 Å². The van der Waals surface area contributed by atoms with E-state index in [1.54, 1.807) is 0 Å². The van der Waals surface area contributed by atoms with Gasteiger partial charge >= 0.3 is 11.9 Å². The fraction of sp³-hybridized carbons (Fsp3) is 0.889. The van der Waals surface area contributed by atoms with Crippen LogP contribution in [-0.4, -0.2) is 36.2 Å². The van der Waals surface area contributed by atoms with Crippen LogP contribution >= 0.6 is 0 Å². The van der Waals surface area contributed by atoms with Crippen molar-refractivity contribution in [2.24, 2.45) is 11.5 Å². The minimum atomic E-state index is -1.07. The lowest BCUT2D eigenvalue weighted by Gasteiger charge is -2.13. The molecule has 0 aliphatic rings. The van der Waals surface area contributed by atoms with Crippen LogP contribution in [0.2, 0.25) is 0 Å². The van der Waals surface area contributed by atoms with Gasteiger partial charge in [-0.15, -0.1) is 0 Å². The third kappa shape index (κ3) is 14.5. The molecule has 1 unspecified atom stereocenters. The zero-order valence-corrected chi connectivity index (χ0v) is 15.0. The van der Waals surface area contributed by atoms with Gasteiger partial charge in [0.15, 0.2) is 6.10 Å². The van der Waals surface area contributed by atoms with Crippen molar-refractivity contribution in [2.45, 2.75) is 89.6 Å². The molecule has 5 N–H and O–H groups in total. The molecule has 0 amide bonds. The average molecular weight is 344 g/mol. The monoisotopic (exact) mass is 344 g/mol. The molecule has 1 atom stereocenters. The SMILES string of the molecule is NCCCCCCCCCCCC(=O)OC(CCCCN)C(=O)O. The van der Waals surface area contributed by atoms with Crippen LogP contribution in [0.3, 0.4) is 0 Å². The predicted octanol–water partition coefficient (Wildman–Crippen LogP) is 2.97. The van der Waals surface area contributed by atoms with E-state index in [9.17, 15) is 9.59 Å². The molecule has 0 aromatic heterocycles. The smallest absolute Gasteiger partial charge is 0.345 e. The van der Waals surface area contributed by atoms with Gasteiger partial charge in [0.2, 0.25) is 0 Å². The highest BCUT2D eigenvalue weighted by Crippen LogP contribution is 2.12. The largest absolute Gasteiger partial charge is 0.479 e. The molecule has 0 saturated carbocycles. The number of hydrogen-bond donors (Lipinski definition) is 3. The Morgan fingerprint density at radius 1 is 0.750 bits per heavy atom. The van der Waals surface area contributed by atoms with Gasteiger partial charge in [-0.3, -0.25) is 4.79 Å². The van der Waals surface area contributed by atoms with Crippen LogP contribution in [-0.2, 0) is 14.3 Å². The molecule has 0 rings (SSSR count). The second-order valence-corrected chi connectivity index (χ2v) is 6.32. The lowest BCUT2D eigenvalue weighted by atomic mass is 10.1. The topological polar surface area (TPSA) is 116 Å². The van der Waals surface area contributed by atoms with Gasteiger partial charge in [-0.1, -0.05) is 44.9 Å². The summed E-state index contributed by atoms with van der Waals surface area (Å²) in [6, 6.07) is 0. The maximum absolute atomic E-state index is 11.7. The van der Waals surface area contributed by atoms with E-state index in [-0.39, 0.29) is 0 Å². The number of carbonyl (C=O) groups is 2. The van der Waals surface area contributed by atoms with Crippen LogP contribution in [0.15, 0.2) is 0 Å². The van der Waals surface area contributed by atoms with Crippen molar-refractivity contribution in [1.82, 2.24) is 0 Å². The van der Waals surface area contributed by atoms with E-state index in [0.29, 0.717) is 25.8 Å². The summed E-state index contributed by atoms with van der Waals surface area (Å²) in [6.45, 7) is 1.30. The van der Waals surface area contributed by atoms with E-state index in [2.05, 4.69) is 0 Å². The molecule has 0 fully saturated rings. The minimum absolute atomic E-state index is 0.303. The number of aliphatic carboxylic acids is 1. The van der Waals surface area contributed by atoms with E-state index in [1.165, 1.54) is 32.1 Å². The summed E-state index contributed by atoms with van der Waals surface area (Å²) in [5.41, 5.74) is 10.8. The molecule has 0 spiro atoms. The van der Waals surface area contributed by atoms with Crippen LogP contribution in [0.4, 0.5) is 0 Å². The van der Waals surface area contributed by atoms with Gasteiger partial charge in [0.25, 0.3) is 0 Å². The summed E-state index contributed by atoms with van der Waals surface area (Å²) in [6.07, 6.45) is 11.1. The van der Waals surface area contributed by atoms with E-state index < -0.39 is 18.0 Å². The maximum atomic E-state index is 11.7. The van der Waals surface area contributed by atoms with Crippen molar-refractivity contribution in [3.05, 3.63) is 0 Å². The molecule has 6 nitrogen and oxygen atoms in total. The number of hydrogen-bond acceptors (Lipinski definition) is 5. The zero-order valence-electron chi connectivity index (χ0n) is 15.0. The Labute approximate surface area is 146 Å². The maximum Gasteiger partial charge on any atom is 0.345 e. The molecule has 0 aromatic rings. The van der Waals surface area contributed by atoms with Gasteiger partial charge in [0, 0.05) is 6.42 Å². The number of nitrogens with two attached hydrogens (primary N) is 2. The molecular formula is C18H36N2O4. The molecule has 0 aliphatic heterocycles. The van der Waals surface area contributed by atoms with Crippen LogP contribution in [0.1, 0.15) is 83.5 Å². The van der Waals surface area contributed by atoms with Gasteiger partial charge < -0.3 is 21.3 Å². The molecule has 0 aromatic carbocycles. The van der Waals surface area contributed by atoms with Gasteiger partial charge in [-0.05, 0) is 45.2 Å². The molecular weight excluding hydrogens is 308 g/mol. The molecule has 6 heteroatoms. The number of carboxylic acids is 1. The number of ether oxygens (including phenoxy) is 1. The van der Waals surface area contributed by atoms with Gasteiger partial charge in [0.1, 0.15) is 0 Å². The minimum Gasteiger partial charge on any atom is -0.479 e. The molecule has 0 heterocycles. The van der Waals surface area contributed by atoms with Crippen LogP contribution in [0, 0.1) is 0 Å². The van der Waals surface area contributed by atoms with Crippen molar-refractivity contribution < 1.29 is 19.4 Å². The van der Waals surface area contributed by atoms with Crippen molar-refractivity contribution in [1.29, 1.82) is 0 Å². The average Bonchev–Trinajstić information content (AvgIpc) is 2.55. The highest BCUT2D eigenvalue weighted by molar-refractivity contribution is 5.77. The fourth-order valence-electron chi connectivity index (χ4n) is 2.58. The van der Waals surface area contributed by atoms with Crippen molar-refractivity contribution in [3.8, 4) is 0 Å². The standard InChI is InChI=1S/C18H36N2O4/c19-14-10-7-5-3-1-2-4-6-8-13-17(21)24-16(18(22)23)12-9-11-15-20/h16H,1-15,19-20H2,(H,22,23). The quantitative estimate of drug-likeness (QED) is 0.276. The Bertz CT molecular complexity index is 324. The van der Waals surface area contributed by atoms with Crippen LogP contribution in [0.5, 0.6) is 0 Å². The van der Waals surface area contributed by atoms with E-state index in [4.69, 9.17) is 21.3 Å². The summed E-state index contributed by atoms with van der Waals surface area (Å²) in [4.78, 5) is 22.8. The number of carboxylic acid groups (broad SMARTS) is 1. The van der Waals surface area contributed by atoms with Gasteiger partial charge in [-0.25, -0.2) is 4.79 Å². The Balaban J connectivity index is 3.57. The summed E-state index contributed by atoms with van der Waals surface area (Å²) in [5.74, 6) is -1.48. The Morgan fingerprint density at radius 3 is 1.71 bits per heavy atom. The normalized spacial score (nSPS) is 12.1. The second kappa shape index (κ2) is 16.7. The lowest BCUT2D eigenvalue weighted by Crippen LogP contribution is -2.27. The summed E-state index contributed by atoms with van der Waals surface area (Å²) in [5, 5.41) is 9.05. The van der Waals surface area contributed by atoms with Crippen molar-refractivity contribution >= 4 is 11.9 Å². The number of rotatable bonds is 17. The molecule has 24 heavy (non-hydrogen) atoms. The van der Waals surface area contributed by atoms with Crippen LogP contribution in [0.25, 0.3) is 0 Å². The van der Waals surface area contributed by atoms with E-state index >= 15 is 0 Å². The molecule has 142 valence electrons. The summed E-state index contributed by atoms with van der Waals surface area (Å²) in [7, 11) is 0. The van der Waals surface area contributed by atoms with Gasteiger partial charge in [0.05, 0.1) is 0 Å². The Morgan fingerprint density at radius 2 is 1.21 bits per heavy atom. The van der Waals surface area contributed by atoms with Crippen molar-refractivity contribution in [3.63, 3.8) is 0 Å². The first-order chi connectivity index (χ1) is 11.6. The highest BCUT2D eigenvalue weighted by Gasteiger charge is 2.21. The molecule has 0 bridgehead atoms. The second-order valence-electron chi connectivity index (χ2n) is 6.32. The first-order valence-electron chi connectivity index (χ1n) is 9.44. The number of carbonyl (C=O) groups excluding carboxylic acids is 1. The van der Waals surface area contributed by atoms with Crippen molar-refractivity contribution in [2.75, 3.05) is 13.1 Å². The summed E-state index contributed by atoms with van der Waals surface area (Å²) < 4.78 is 5.05. The van der Waals surface area contributed by atoms with E-state index in [0.717, 1.165) is 38.6 Å². The molecule has 0 saturated heterocycles. The zero-order chi connectivity index (χ0) is 18.0. The Hall–Kier alpha value is -1.14. The van der Waals surface area contributed by atoms with E-state index in [1.807, 2.05) is 0 Å². The summed E-state index contributed by atoms with van der Waals surface area (Å²) >= 11 is 0. The number of unbranched alkanes of at least 4 members (excludes halogenated alkanes) is 9. The fourth-order valence-corrected chi connectivity index (χ4v) is 2.58. The third-order valence-electron chi connectivity index (χ3n) is 4.05. The molecule has 0 aliphatic carbocycles. The first kappa shape index (κ1) is 22.9. The number of esters is 1. The Kier molecular flexibility index (Phi) is 15.9. The first-order valence-corrected chi connectivity index (χ1v) is 9.44. The highest BCUT2D eigenvalue weighted by atomic mass is 16.6. The van der Waals surface area contributed by atoms with Crippen LogP contribution < -0.4 is 11.5 Å². The molecule has 0 radical (unpaired) electrons.